The molecule has 0 aliphatic rings. The van der Waals surface area contributed by atoms with E-state index in [9.17, 15) is 14.5 Å². The van der Waals surface area contributed by atoms with E-state index in [4.69, 9.17) is 5.73 Å². The smallest absolute Gasteiger partial charge is 0.315 e. The molecule has 0 aliphatic heterocycles. The van der Waals surface area contributed by atoms with Gasteiger partial charge in [0.1, 0.15) is 17.2 Å². The molecule has 0 bridgehead atoms. The van der Waals surface area contributed by atoms with Crippen LogP contribution in [0.25, 0.3) is 0 Å². The zero-order valence-corrected chi connectivity index (χ0v) is 10.2. The lowest BCUT2D eigenvalue weighted by molar-refractivity contribution is -0.383. The summed E-state index contributed by atoms with van der Waals surface area (Å²) in [6.45, 7) is 1.76. The summed E-state index contributed by atoms with van der Waals surface area (Å²) in [5, 5.41) is 13.7. The molecule has 3 N–H and O–H groups in total. The van der Waals surface area contributed by atoms with Gasteiger partial charge in [-0.25, -0.2) is 4.39 Å². The number of halogens is 1. The number of rotatable bonds is 3. The number of para-hydroxylation sites is 1. The van der Waals surface area contributed by atoms with Crippen molar-refractivity contribution in [1.82, 2.24) is 0 Å². The fourth-order valence-electron chi connectivity index (χ4n) is 1.73. The van der Waals surface area contributed by atoms with Crippen molar-refractivity contribution in [2.24, 2.45) is 0 Å². The summed E-state index contributed by atoms with van der Waals surface area (Å²) in [7, 11) is 0. The summed E-state index contributed by atoms with van der Waals surface area (Å²) in [5.74, 6) is -0.475. The van der Waals surface area contributed by atoms with Crippen LogP contribution in [0.4, 0.5) is 27.1 Å². The Kier molecular flexibility index (Phi) is 3.33. The number of anilines is 3. The maximum Gasteiger partial charge on any atom is 0.315 e. The van der Waals surface area contributed by atoms with Gasteiger partial charge in [0.05, 0.1) is 10.6 Å². The van der Waals surface area contributed by atoms with Gasteiger partial charge < -0.3 is 11.1 Å². The topological polar surface area (TPSA) is 81.2 Å². The molecule has 0 saturated carbocycles. The Hall–Kier alpha value is -2.63. The molecule has 6 heteroatoms. The van der Waals surface area contributed by atoms with Crippen LogP contribution in [0, 0.1) is 22.9 Å². The lowest BCUT2D eigenvalue weighted by atomic mass is 10.2. The SMILES string of the molecule is Cc1ccc(Nc2cccc(N)c2[N+](=O)[O-])c(F)c1. The number of nitro benzene ring substituents is 1. The Morgan fingerprint density at radius 3 is 2.63 bits per heavy atom. The van der Waals surface area contributed by atoms with E-state index in [1.807, 2.05) is 0 Å². The first-order chi connectivity index (χ1) is 8.99. The number of aryl methyl sites for hydroxylation is 1. The molecule has 0 heterocycles. The van der Waals surface area contributed by atoms with Gasteiger partial charge in [-0.15, -0.1) is 0 Å². The zero-order chi connectivity index (χ0) is 14.0. The van der Waals surface area contributed by atoms with Crippen LogP contribution in [0.3, 0.4) is 0 Å². The highest BCUT2D eigenvalue weighted by molar-refractivity contribution is 5.78. The van der Waals surface area contributed by atoms with Crippen LogP contribution in [0.15, 0.2) is 36.4 Å². The van der Waals surface area contributed by atoms with E-state index in [-0.39, 0.29) is 22.7 Å². The number of hydrogen-bond acceptors (Lipinski definition) is 4. The number of benzene rings is 2. The van der Waals surface area contributed by atoms with Gasteiger partial charge in [0.15, 0.2) is 0 Å². The lowest BCUT2D eigenvalue weighted by Crippen LogP contribution is -2.02. The molecule has 0 amide bonds. The minimum atomic E-state index is -0.593. The quantitative estimate of drug-likeness (QED) is 0.504. The minimum Gasteiger partial charge on any atom is -0.393 e. The van der Waals surface area contributed by atoms with Crippen molar-refractivity contribution in [2.45, 2.75) is 6.92 Å². The van der Waals surface area contributed by atoms with Gasteiger partial charge in [-0.3, -0.25) is 10.1 Å². The molecule has 0 aromatic heterocycles. The first-order valence-corrected chi connectivity index (χ1v) is 5.55. The number of nitrogens with zero attached hydrogens (tertiary/aromatic N) is 1. The third-order valence-electron chi connectivity index (χ3n) is 2.64. The van der Waals surface area contributed by atoms with Crippen molar-refractivity contribution in [3.05, 3.63) is 57.9 Å². The van der Waals surface area contributed by atoms with Crippen molar-refractivity contribution in [1.29, 1.82) is 0 Å². The van der Waals surface area contributed by atoms with Gasteiger partial charge in [0.25, 0.3) is 0 Å². The number of hydrogen-bond donors (Lipinski definition) is 2. The summed E-state index contributed by atoms with van der Waals surface area (Å²) in [6.07, 6.45) is 0. The van der Waals surface area contributed by atoms with E-state index in [0.29, 0.717) is 0 Å². The van der Waals surface area contributed by atoms with Gasteiger partial charge >= 0.3 is 5.69 Å². The number of nitrogens with two attached hydrogens (primary N) is 1. The third kappa shape index (κ3) is 2.62. The second-order valence-electron chi connectivity index (χ2n) is 4.11. The molecular formula is C13H12FN3O2. The van der Waals surface area contributed by atoms with Gasteiger partial charge in [-0.1, -0.05) is 12.1 Å². The van der Waals surface area contributed by atoms with Crippen molar-refractivity contribution in [3.63, 3.8) is 0 Å². The van der Waals surface area contributed by atoms with Crippen molar-refractivity contribution in [3.8, 4) is 0 Å². The van der Waals surface area contributed by atoms with Crippen LogP contribution in [-0.4, -0.2) is 4.92 Å². The van der Waals surface area contributed by atoms with Gasteiger partial charge in [-0.2, -0.15) is 0 Å². The maximum atomic E-state index is 13.7. The number of nitro groups is 1. The molecular weight excluding hydrogens is 249 g/mol. The standard InChI is InChI=1S/C13H12FN3O2/c1-8-5-6-11(9(14)7-8)16-12-4-2-3-10(15)13(12)17(18)19/h2-7,16H,15H2,1H3. The predicted molar refractivity (Wildman–Crippen MR) is 71.9 cm³/mol. The fraction of sp³-hybridized carbons (Fsp3) is 0.0769. The van der Waals surface area contributed by atoms with Crippen LogP contribution in [0.5, 0.6) is 0 Å². The summed E-state index contributed by atoms with van der Waals surface area (Å²) in [6, 6.07) is 9.06. The summed E-state index contributed by atoms with van der Waals surface area (Å²) in [5.41, 5.74) is 6.43. The predicted octanol–water partition coefficient (Wildman–Crippen LogP) is 3.37. The Bertz CT molecular complexity index is 644. The van der Waals surface area contributed by atoms with E-state index < -0.39 is 10.7 Å². The molecule has 5 nitrogen and oxygen atoms in total. The Morgan fingerprint density at radius 2 is 2.00 bits per heavy atom. The average Bonchev–Trinajstić information content (AvgIpc) is 2.32. The monoisotopic (exact) mass is 261 g/mol. The molecule has 0 unspecified atom stereocenters. The molecule has 19 heavy (non-hydrogen) atoms. The Labute approximate surface area is 109 Å². The van der Waals surface area contributed by atoms with Gasteiger partial charge in [-0.05, 0) is 36.8 Å². The Balaban J connectivity index is 2.44. The van der Waals surface area contributed by atoms with Crippen LogP contribution in [0.2, 0.25) is 0 Å². The fourth-order valence-corrected chi connectivity index (χ4v) is 1.73. The average molecular weight is 261 g/mol. The molecule has 0 aliphatic carbocycles. The van der Waals surface area contributed by atoms with E-state index in [1.54, 1.807) is 19.1 Å². The third-order valence-corrected chi connectivity index (χ3v) is 2.64. The molecule has 0 spiro atoms. The highest BCUT2D eigenvalue weighted by atomic mass is 19.1. The van der Waals surface area contributed by atoms with E-state index in [0.717, 1.165) is 5.56 Å². The molecule has 0 atom stereocenters. The summed E-state index contributed by atoms with van der Waals surface area (Å²) >= 11 is 0. The second-order valence-corrected chi connectivity index (χ2v) is 4.11. The summed E-state index contributed by atoms with van der Waals surface area (Å²) < 4.78 is 13.7. The van der Waals surface area contributed by atoms with E-state index >= 15 is 0 Å². The van der Waals surface area contributed by atoms with Crippen LogP contribution >= 0.6 is 0 Å². The van der Waals surface area contributed by atoms with Crippen molar-refractivity contribution in [2.75, 3.05) is 11.1 Å². The summed E-state index contributed by atoms with van der Waals surface area (Å²) in [4.78, 5) is 10.4. The molecule has 0 saturated heterocycles. The normalized spacial score (nSPS) is 10.2. The molecule has 2 aromatic rings. The highest BCUT2D eigenvalue weighted by Gasteiger charge is 2.18. The lowest BCUT2D eigenvalue weighted by Gasteiger charge is -2.09. The first kappa shape index (κ1) is 12.8. The molecule has 0 fully saturated rings. The number of nitrogens with one attached hydrogen (secondary N) is 1. The second kappa shape index (κ2) is 4.93. The maximum absolute atomic E-state index is 13.7. The van der Waals surface area contributed by atoms with Crippen LogP contribution < -0.4 is 11.1 Å². The molecule has 0 radical (unpaired) electrons. The Morgan fingerprint density at radius 1 is 1.26 bits per heavy atom. The van der Waals surface area contributed by atoms with Gasteiger partial charge in [0, 0.05) is 0 Å². The molecule has 2 rings (SSSR count). The van der Waals surface area contributed by atoms with E-state index in [1.165, 1.54) is 24.3 Å². The van der Waals surface area contributed by atoms with Crippen molar-refractivity contribution < 1.29 is 9.31 Å². The largest absolute Gasteiger partial charge is 0.393 e. The molecule has 98 valence electrons. The van der Waals surface area contributed by atoms with Gasteiger partial charge in [0.2, 0.25) is 0 Å². The minimum absolute atomic E-state index is 0.0301. The number of nitrogen functional groups attached to an aromatic ring is 1. The first-order valence-electron chi connectivity index (χ1n) is 5.55. The zero-order valence-electron chi connectivity index (χ0n) is 10.2. The molecule has 2 aromatic carbocycles. The highest BCUT2D eigenvalue weighted by Crippen LogP contribution is 2.33. The van der Waals surface area contributed by atoms with Crippen molar-refractivity contribution >= 4 is 22.7 Å². The van der Waals surface area contributed by atoms with Crippen LogP contribution in [0.1, 0.15) is 5.56 Å². The van der Waals surface area contributed by atoms with Crippen LogP contribution in [-0.2, 0) is 0 Å². The van der Waals surface area contributed by atoms with E-state index in [2.05, 4.69) is 5.32 Å².